The molecule has 0 aliphatic rings. The summed E-state index contributed by atoms with van der Waals surface area (Å²) in [7, 11) is 0. The van der Waals surface area contributed by atoms with E-state index in [2.05, 4.69) is 4.98 Å². The fourth-order valence-electron chi connectivity index (χ4n) is 1.34. The van der Waals surface area contributed by atoms with E-state index in [1.165, 1.54) is 0 Å². The third kappa shape index (κ3) is 2.53. The van der Waals surface area contributed by atoms with Crippen LogP contribution in [0.4, 0.5) is 0 Å². The Morgan fingerprint density at radius 1 is 1.43 bits per heavy atom. The quantitative estimate of drug-likeness (QED) is 0.764. The standard InChI is InChI=1S/C11H18N2O/c1-7(2)10(12)11(14)9-4-5-13-8(3)6-9/h4-7,10-11,14H,12H2,1-3H3/t10-,11+/m0/s1. The van der Waals surface area contributed by atoms with Crippen molar-refractivity contribution in [2.24, 2.45) is 11.7 Å². The average Bonchev–Trinajstić information content (AvgIpc) is 2.15. The lowest BCUT2D eigenvalue weighted by Crippen LogP contribution is -2.33. The van der Waals surface area contributed by atoms with Crippen molar-refractivity contribution in [2.45, 2.75) is 32.9 Å². The van der Waals surface area contributed by atoms with Crippen LogP contribution in [0.5, 0.6) is 0 Å². The molecule has 1 rings (SSSR count). The van der Waals surface area contributed by atoms with Gasteiger partial charge in [0.1, 0.15) is 0 Å². The maximum Gasteiger partial charge on any atom is 0.0944 e. The average molecular weight is 194 g/mol. The van der Waals surface area contributed by atoms with Crippen LogP contribution in [0.3, 0.4) is 0 Å². The Bertz CT molecular complexity index is 299. The van der Waals surface area contributed by atoms with Crippen LogP contribution in [0.1, 0.15) is 31.2 Å². The molecule has 0 saturated carbocycles. The largest absolute Gasteiger partial charge is 0.387 e. The summed E-state index contributed by atoms with van der Waals surface area (Å²) in [5, 5.41) is 9.93. The number of rotatable bonds is 3. The number of aryl methyl sites for hydroxylation is 1. The van der Waals surface area contributed by atoms with Gasteiger partial charge in [0.2, 0.25) is 0 Å². The van der Waals surface area contributed by atoms with Gasteiger partial charge >= 0.3 is 0 Å². The van der Waals surface area contributed by atoms with Crippen molar-refractivity contribution in [1.29, 1.82) is 0 Å². The highest BCUT2D eigenvalue weighted by Crippen LogP contribution is 2.19. The molecule has 0 saturated heterocycles. The van der Waals surface area contributed by atoms with Crippen LogP contribution in [-0.2, 0) is 0 Å². The topological polar surface area (TPSA) is 59.1 Å². The predicted molar refractivity (Wildman–Crippen MR) is 56.7 cm³/mol. The van der Waals surface area contributed by atoms with Crippen molar-refractivity contribution < 1.29 is 5.11 Å². The van der Waals surface area contributed by atoms with E-state index in [0.717, 1.165) is 11.3 Å². The fraction of sp³-hybridized carbons (Fsp3) is 0.545. The van der Waals surface area contributed by atoms with Crippen LogP contribution >= 0.6 is 0 Å². The van der Waals surface area contributed by atoms with Gasteiger partial charge in [-0.15, -0.1) is 0 Å². The van der Waals surface area contributed by atoms with Crippen molar-refractivity contribution in [2.75, 3.05) is 0 Å². The van der Waals surface area contributed by atoms with Gasteiger partial charge in [0, 0.05) is 17.9 Å². The zero-order valence-electron chi connectivity index (χ0n) is 8.94. The van der Waals surface area contributed by atoms with E-state index in [1.54, 1.807) is 12.3 Å². The predicted octanol–water partition coefficient (Wildman–Crippen LogP) is 1.41. The van der Waals surface area contributed by atoms with Crippen molar-refractivity contribution in [1.82, 2.24) is 4.98 Å². The summed E-state index contributed by atoms with van der Waals surface area (Å²) in [4.78, 5) is 4.07. The molecule has 3 nitrogen and oxygen atoms in total. The van der Waals surface area contributed by atoms with Crippen molar-refractivity contribution in [3.8, 4) is 0 Å². The third-order valence-electron chi connectivity index (χ3n) is 2.40. The lowest BCUT2D eigenvalue weighted by atomic mass is 9.94. The Kier molecular flexibility index (Phi) is 3.61. The molecule has 0 amide bonds. The zero-order valence-corrected chi connectivity index (χ0v) is 8.94. The van der Waals surface area contributed by atoms with E-state index in [-0.39, 0.29) is 12.0 Å². The van der Waals surface area contributed by atoms with E-state index >= 15 is 0 Å². The molecule has 0 aliphatic carbocycles. The van der Waals surface area contributed by atoms with E-state index < -0.39 is 6.10 Å². The van der Waals surface area contributed by atoms with Gasteiger partial charge in [-0.3, -0.25) is 4.98 Å². The molecule has 1 heterocycles. The Labute approximate surface area is 85.0 Å². The molecule has 0 fully saturated rings. The number of pyridine rings is 1. The van der Waals surface area contributed by atoms with Crippen molar-refractivity contribution in [3.05, 3.63) is 29.6 Å². The SMILES string of the molecule is Cc1cc([C@@H](O)[C@@H](N)C(C)C)ccn1. The first-order chi connectivity index (χ1) is 6.52. The molecule has 1 aromatic rings. The number of aromatic nitrogens is 1. The smallest absolute Gasteiger partial charge is 0.0944 e. The van der Waals surface area contributed by atoms with Crippen molar-refractivity contribution >= 4 is 0 Å². The molecule has 0 unspecified atom stereocenters. The Morgan fingerprint density at radius 2 is 2.07 bits per heavy atom. The first-order valence-corrected chi connectivity index (χ1v) is 4.88. The number of aliphatic hydroxyl groups is 1. The Morgan fingerprint density at radius 3 is 2.57 bits per heavy atom. The van der Waals surface area contributed by atoms with Crippen LogP contribution in [0.2, 0.25) is 0 Å². The number of nitrogens with zero attached hydrogens (tertiary/aromatic N) is 1. The van der Waals surface area contributed by atoms with Gasteiger partial charge in [-0.25, -0.2) is 0 Å². The normalized spacial score (nSPS) is 15.6. The maximum absolute atomic E-state index is 9.93. The zero-order chi connectivity index (χ0) is 10.7. The monoisotopic (exact) mass is 194 g/mol. The van der Waals surface area contributed by atoms with Crippen LogP contribution in [0, 0.1) is 12.8 Å². The van der Waals surface area contributed by atoms with Gasteiger partial charge in [-0.05, 0) is 30.5 Å². The van der Waals surface area contributed by atoms with Crippen molar-refractivity contribution in [3.63, 3.8) is 0 Å². The van der Waals surface area contributed by atoms with Gasteiger partial charge < -0.3 is 10.8 Å². The number of nitrogens with two attached hydrogens (primary N) is 1. The minimum absolute atomic E-state index is 0.225. The second-order valence-electron chi connectivity index (χ2n) is 4.00. The minimum Gasteiger partial charge on any atom is -0.387 e. The maximum atomic E-state index is 9.93. The lowest BCUT2D eigenvalue weighted by molar-refractivity contribution is 0.125. The first-order valence-electron chi connectivity index (χ1n) is 4.88. The number of hydrogen-bond donors (Lipinski definition) is 2. The highest BCUT2D eigenvalue weighted by molar-refractivity contribution is 5.19. The lowest BCUT2D eigenvalue weighted by Gasteiger charge is -2.22. The molecule has 3 heteroatoms. The molecule has 0 bridgehead atoms. The summed E-state index contributed by atoms with van der Waals surface area (Å²) >= 11 is 0. The van der Waals surface area contributed by atoms with Crippen LogP contribution in [0.25, 0.3) is 0 Å². The molecule has 78 valence electrons. The highest BCUT2D eigenvalue weighted by atomic mass is 16.3. The van der Waals surface area contributed by atoms with Crippen LogP contribution in [0.15, 0.2) is 18.3 Å². The van der Waals surface area contributed by atoms with Crippen LogP contribution in [-0.4, -0.2) is 16.1 Å². The van der Waals surface area contributed by atoms with E-state index in [4.69, 9.17) is 5.73 Å². The number of hydrogen-bond acceptors (Lipinski definition) is 3. The fourth-order valence-corrected chi connectivity index (χ4v) is 1.34. The summed E-state index contributed by atoms with van der Waals surface area (Å²) in [5.41, 5.74) is 7.62. The molecule has 0 aromatic carbocycles. The van der Waals surface area contributed by atoms with Gasteiger partial charge in [-0.1, -0.05) is 13.8 Å². The van der Waals surface area contributed by atoms with Gasteiger partial charge in [0.15, 0.2) is 0 Å². The molecule has 2 atom stereocenters. The molecule has 0 spiro atoms. The van der Waals surface area contributed by atoms with E-state index in [9.17, 15) is 5.11 Å². The summed E-state index contributed by atoms with van der Waals surface area (Å²) in [6, 6.07) is 3.45. The summed E-state index contributed by atoms with van der Waals surface area (Å²) in [6.45, 7) is 5.90. The summed E-state index contributed by atoms with van der Waals surface area (Å²) < 4.78 is 0. The molecule has 0 radical (unpaired) electrons. The van der Waals surface area contributed by atoms with Crippen LogP contribution < -0.4 is 5.73 Å². The Balaban J connectivity index is 2.83. The third-order valence-corrected chi connectivity index (χ3v) is 2.40. The van der Waals surface area contributed by atoms with Gasteiger partial charge in [-0.2, -0.15) is 0 Å². The Hall–Kier alpha value is -0.930. The van der Waals surface area contributed by atoms with E-state index in [1.807, 2.05) is 26.8 Å². The second-order valence-corrected chi connectivity index (χ2v) is 4.00. The second kappa shape index (κ2) is 4.53. The molecular formula is C11H18N2O. The number of aliphatic hydroxyl groups excluding tert-OH is 1. The molecule has 0 aliphatic heterocycles. The summed E-state index contributed by atoms with van der Waals surface area (Å²) in [5.74, 6) is 0.262. The van der Waals surface area contributed by atoms with Gasteiger partial charge in [0.25, 0.3) is 0 Å². The minimum atomic E-state index is -0.600. The molecular weight excluding hydrogens is 176 g/mol. The first kappa shape index (κ1) is 11.1. The molecule has 14 heavy (non-hydrogen) atoms. The molecule has 1 aromatic heterocycles. The van der Waals surface area contributed by atoms with E-state index in [0.29, 0.717) is 0 Å². The molecule has 3 N–H and O–H groups in total. The van der Waals surface area contributed by atoms with Gasteiger partial charge in [0.05, 0.1) is 6.10 Å². The summed E-state index contributed by atoms with van der Waals surface area (Å²) in [6.07, 6.45) is 1.10. The highest BCUT2D eigenvalue weighted by Gasteiger charge is 2.19.